The molecule has 0 saturated carbocycles. The molecule has 29 heavy (non-hydrogen) atoms. The van der Waals surface area contributed by atoms with Gasteiger partial charge < -0.3 is 20.3 Å². The van der Waals surface area contributed by atoms with E-state index in [2.05, 4.69) is 34.7 Å². The summed E-state index contributed by atoms with van der Waals surface area (Å²) in [6.07, 6.45) is 0.944. The van der Waals surface area contributed by atoms with Crippen molar-refractivity contribution in [1.29, 1.82) is 0 Å². The summed E-state index contributed by atoms with van der Waals surface area (Å²) in [7, 11) is 5.16. The van der Waals surface area contributed by atoms with Crippen LogP contribution in [0.5, 0.6) is 5.75 Å². The van der Waals surface area contributed by atoms with Gasteiger partial charge in [0.15, 0.2) is 5.96 Å². The Morgan fingerprint density at radius 2 is 1.72 bits per heavy atom. The number of guanidine groups is 1. The van der Waals surface area contributed by atoms with Crippen LogP contribution >= 0.6 is 0 Å². The zero-order valence-electron chi connectivity index (χ0n) is 17.8. The molecule has 156 valence electrons. The van der Waals surface area contributed by atoms with Crippen LogP contribution in [0.15, 0.2) is 59.6 Å². The van der Waals surface area contributed by atoms with Crippen LogP contribution in [0.4, 0.5) is 0 Å². The Morgan fingerprint density at radius 3 is 2.34 bits per heavy atom. The van der Waals surface area contributed by atoms with Crippen molar-refractivity contribution in [3.05, 3.63) is 65.7 Å². The number of likely N-dealkylation sites (N-methyl/N-ethyl adjacent to an activating group) is 1. The zero-order valence-corrected chi connectivity index (χ0v) is 17.8. The topological polar surface area (TPSA) is 66.0 Å². The summed E-state index contributed by atoms with van der Waals surface area (Å²) in [5.74, 6) is 1.91. The van der Waals surface area contributed by atoms with E-state index < -0.39 is 0 Å². The van der Waals surface area contributed by atoms with Crippen LogP contribution in [0.25, 0.3) is 0 Å². The molecule has 0 saturated heterocycles. The van der Waals surface area contributed by atoms with Gasteiger partial charge in [0, 0.05) is 20.6 Å². The lowest BCUT2D eigenvalue weighted by Gasteiger charge is -2.18. The monoisotopic (exact) mass is 396 g/mol. The molecule has 2 aromatic rings. The smallest absolute Gasteiger partial charge is 0.241 e. The summed E-state index contributed by atoms with van der Waals surface area (Å²) in [6, 6.07) is 18.2. The van der Waals surface area contributed by atoms with Crippen molar-refractivity contribution in [2.45, 2.75) is 19.9 Å². The van der Waals surface area contributed by atoms with Crippen LogP contribution in [-0.2, 0) is 17.8 Å². The predicted octanol–water partition coefficient (Wildman–Crippen LogP) is 2.70. The maximum Gasteiger partial charge on any atom is 0.241 e. The summed E-state index contributed by atoms with van der Waals surface area (Å²) >= 11 is 0. The second-order valence-electron chi connectivity index (χ2n) is 7.33. The van der Waals surface area contributed by atoms with E-state index in [0.29, 0.717) is 18.4 Å². The first kappa shape index (κ1) is 22.3. The Morgan fingerprint density at radius 1 is 1.03 bits per heavy atom. The molecule has 0 aliphatic heterocycles. The summed E-state index contributed by atoms with van der Waals surface area (Å²) in [6.45, 7) is 3.71. The van der Waals surface area contributed by atoms with Gasteiger partial charge in [-0.2, -0.15) is 0 Å². The molecule has 2 aromatic carbocycles. The van der Waals surface area contributed by atoms with E-state index in [1.54, 1.807) is 26.1 Å². The van der Waals surface area contributed by atoms with Gasteiger partial charge in [-0.15, -0.1) is 0 Å². The average Bonchev–Trinajstić information content (AvgIpc) is 2.74. The number of ether oxygens (including phenoxy) is 1. The molecular weight excluding hydrogens is 364 g/mol. The summed E-state index contributed by atoms with van der Waals surface area (Å²) in [5, 5.41) is 6.51. The SMILES string of the molecule is COc1ccc(CC(C)CNC(=NCc2ccccc2)NCC(=O)N(C)C)cc1. The third kappa shape index (κ3) is 8.25. The highest BCUT2D eigenvalue weighted by atomic mass is 16.5. The molecule has 0 heterocycles. The maximum absolute atomic E-state index is 11.9. The molecule has 2 rings (SSSR count). The Kier molecular flexibility index (Phi) is 9.02. The molecule has 0 aliphatic carbocycles. The lowest BCUT2D eigenvalue weighted by atomic mass is 10.0. The van der Waals surface area contributed by atoms with Gasteiger partial charge in [0.2, 0.25) is 5.91 Å². The lowest BCUT2D eigenvalue weighted by molar-refractivity contribution is -0.127. The maximum atomic E-state index is 11.9. The highest BCUT2D eigenvalue weighted by molar-refractivity contribution is 5.86. The van der Waals surface area contributed by atoms with Crippen LogP contribution in [0, 0.1) is 5.92 Å². The summed E-state index contributed by atoms with van der Waals surface area (Å²) in [4.78, 5) is 18.1. The van der Waals surface area contributed by atoms with Crippen molar-refractivity contribution in [3.8, 4) is 5.75 Å². The molecule has 0 radical (unpaired) electrons. The Bertz CT molecular complexity index is 773. The number of amides is 1. The standard InChI is InChI=1S/C23H32N4O2/c1-18(14-19-10-12-21(29-4)13-11-19)15-24-23(26-17-22(28)27(2)3)25-16-20-8-6-5-7-9-20/h5-13,18H,14-17H2,1-4H3,(H2,24,25,26). The predicted molar refractivity (Wildman–Crippen MR) is 118 cm³/mol. The molecule has 1 unspecified atom stereocenters. The third-order valence-electron chi connectivity index (χ3n) is 4.53. The van der Waals surface area contributed by atoms with Crippen molar-refractivity contribution in [2.75, 3.05) is 34.3 Å². The van der Waals surface area contributed by atoms with E-state index in [1.165, 1.54) is 5.56 Å². The molecular formula is C23H32N4O2. The number of aliphatic imine (C=N–C) groups is 1. The van der Waals surface area contributed by atoms with Crippen molar-refractivity contribution < 1.29 is 9.53 Å². The fourth-order valence-electron chi connectivity index (χ4n) is 2.75. The second kappa shape index (κ2) is 11.7. The normalized spacial score (nSPS) is 12.2. The molecule has 0 aliphatic rings. The minimum absolute atomic E-state index is 0.00509. The molecule has 6 heteroatoms. The van der Waals surface area contributed by atoms with Gasteiger partial charge in [-0.3, -0.25) is 4.79 Å². The fourth-order valence-corrected chi connectivity index (χ4v) is 2.75. The summed E-state index contributed by atoms with van der Waals surface area (Å²) in [5.41, 5.74) is 2.39. The van der Waals surface area contributed by atoms with Crippen LogP contribution in [0.1, 0.15) is 18.1 Å². The number of nitrogens with one attached hydrogen (secondary N) is 2. The molecule has 6 nitrogen and oxygen atoms in total. The van der Waals surface area contributed by atoms with E-state index in [0.717, 1.165) is 24.3 Å². The number of methoxy groups -OCH3 is 1. The largest absolute Gasteiger partial charge is 0.497 e. The van der Waals surface area contributed by atoms with E-state index in [4.69, 9.17) is 4.74 Å². The molecule has 1 atom stereocenters. The van der Waals surface area contributed by atoms with E-state index in [1.807, 2.05) is 42.5 Å². The number of benzene rings is 2. The summed E-state index contributed by atoms with van der Waals surface area (Å²) < 4.78 is 5.21. The Labute approximate surface area is 174 Å². The van der Waals surface area contributed by atoms with E-state index in [-0.39, 0.29) is 12.5 Å². The molecule has 2 N–H and O–H groups in total. The van der Waals surface area contributed by atoms with Gasteiger partial charge in [0.25, 0.3) is 0 Å². The van der Waals surface area contributed by atoms with Gasteiger partial charge in [0.05, 0.1) is 20.2 Å². The second-order valence-corrected chi connectivity index (χ2v) is 7.33. The van der Waals surface area contributed by atoms with Crippen LogP contribution in [-0.4, -0.2) is 51.1 Å². The first-order chi connectivity index (χ1) is 14.0. The minimum atomic E-state index is 0.00509. The van der Waals surface area contributed by atoms with Gasteiger partial charge in [-0.1, -0.05) is 49.4 Å². The van der Waals surface area contributed by atoms with E-state index in [9.17, 15) is 4.79 Å². The van der Waals surface area contributed by atoms with Crippen LogP contribution in [0.3, 0.4) is 0 Å². The van der Waals surface area contributed by atoms with Crippen molar-refractivity contribution >= 4 is 11.9 Å². The highest BCUT2D eigenvalue weighted by Gasteiger charge is 2.09. The first-order valence-corrected chi connectivity index (χ1v) is 9.87. The van der Waals surface area contributed by atoms with Crippen molar-refractivity contribution in [2.24, 2.45) is 10.9 Å². The molecule has 0 fully saturated rings. The van der Waals surface area contributed by atoms with Gasteiger partial charge in [-0.25, -0.2) is 4.99 Å². The average molecular weight is 397 g/mol. The van der Waals surface area contributed by atoms with Crippen LogP contribution < -0.4 is 15.4 Å². The quantitative estimate of drug-likeness (QED) is 0.505. The van der Waals surface area contributed by atoms with Crippen molar-refractivity contribution in [1.82, 2.24) is 15.5 Å². The van der Waals surface area contributed by atoms with Gasteiger partial charge in [-0.05, 0) is 35.6 Å². The highest BCUT2D eigenvalue weighted by Crippen LogP contribution is 2.14. The molecule has 0 spiro atoms. The Hall–Kier alpha value is -3.02. The zero-order chi connectivity index (χ0) is 21.1. The number of hydrogen-bond donors (Lipinski definition) is 2. The van der Waals surface area contributed by atoms with Gasteiger partial charge in [0.1, 0.15) is 5.75 Å². The molecule has 0 aromatic heterocycles. The van der Waals surface area contributed by atoms with E-state index >= 15 is 0 Å². The minimum Gasteiger partial charge on any atom is -0.497 e. The number of nitrogens with zero attached hydrogens (tertiary/aromatic N) is 2. The van der Waals surface area contributed by atoms with Gasteiger partial charge >= 0.3 is 0 Å². The number of carbonyl (C=O) groups excluding carboxylic acids is 1. The lowest BCUT2D eigenvalue weighted by Crippen LogP contribution is -2.44. The molecule has 0 bridgehead atoms. The number of carbonyl (C=O) groups is 1. The third-order valence-corrected chi connectivity index (χ3v) is 4.53. The molecule has 1 amide bonds. The van der Waals surface area contributed by atoms with Crippen LogP contribution in [0.2, 0.25) is 0 Å². The van der Waals surface area contributed by atoms with Crippen molar-refractivity contribution in [3.63, 3.8) is 0 Å². The number of rotatable bonds is 9. The fraction of sp³-hybridized carbons (Fsp3) is 0.391. The Balaban J connectivity index is 1.92. The first-order valence-electron chi connectivity index (χ1n) is 9.87. The number of hydrogen-bond acceptors (Lipinski definition) is 3.